The van der Waals surface area contributed by atoms with Gasteiger partial charge in [-0.25, -0.2) is 8.42 Å². The van der Waals surface area contributed by atoms with Crippen molar-refractivity contribution < 1.29 is 22.7 Å². The molecule has 3 aromatic rings. The Labute approximate surface area is 170 Å². The standard InChI is InChI=1S/C20H16BrNO5S/c21-17-8-5-15(6-9-17)19(23)13-27-20(24)12-22-28(25,26)18-10-7-14-3-1-2-4-16(14)11-18/h1-11,22H,12-13H2. The summed E-state index contributed by atoms with van der Waals surface area (Å²) in [5.41, 5.74) is 0.396. The molecule has 0 aromatic heterocycles. The number of hydrogen-bond acceptors (Lipinski definition) is 5. The highest BCUT2D eigenvalue weighted by atomic mass is 79.9. The van der Waals surface area contributed by atoms with Crippen molar-refractivity contribution in [2.75, 3.05) is 13.2 Å². The van der Waals surface area contributed by atoms with Gasteiger partial charge in [-0.1, -0.05) is 58.4 Å². The molecule has 3 rings (SSSR count). The molecule has 3 aromatic carbocycles. The van der Waals surface area contributed by atoms with Crippen LogP contribution in [0.2, 0.25) is 0 Å². The molecule has 0 saturated carbocycles. The Morgan fingerprint density at radius 2 is 1.61 bits per heavy atom. The number of Topliss-reactive ketones (excluding diaryl/α,β-unsaturated/α-hetero) is 1. The lowest BCUT2D eigenvalue weighted by Gasteiger charge is -2.08. The SMILES string of the molecule is O=C(CNS(=O)(=O)c1ccc2ccccc2c1)OCC(=O)c1ccc(Br)cc1. The molecular weight excluding hydrogens is 446 g/mol. The monoisotopic (exact) mass is 461 g/mol. The second kappa shape index (κ2) is 8.64. The van der Waals surface area contributed by atoms with Crippen LogP contribution in [0.3, 0.4) is 0 Å². The molecule has 1 N–H and O–H groups in total. The van der Waals surface area contributed by atoms with Crippen LogP contribution < -0.4 is 4.72 Å². The van der Waals surface area contributed by atoms with Crippen molar-refractivity contribution in [3.8, 4) is 0 Å². The highest BCUT2D eigenvalue weighted by Crippen LogP contribution is 2.18. The Kier molecular flexibility index (Phi) is 6.23. The molecule has 0 saturated heterocycles. The molecule has 144 valence electrons. The quantitative estimate of drug-likeness (QED) is 0.430. The summed E-state index contributed by atoms with van der Waals surface area (Å²) in [6.07, 6.45) is 0. The molecular formula is C20H16BrNO5S. The van der Waals surface area contributed by atoms with Crippen LogP contribution in [-0.2, 0) is 19.6 Å². The van der Waals surface area contributed by atoms with E-state index in [1.165, 1.54) is 12.1 Å². The molecule has 0 radical (unpaired) electrons. The van der Waals surface area contributed by atoms with E-state index in [0.29, 0.717) is 5.56 Å². The van der Waals surface area contributed by atoms with Gasteiger partial charge >= 0.3 is 5.97 Å². The lowest BCUT2D eigenvalue weighted by Crippen LogP contribution is -2.31. The molecule has 0 aliphatic rings. The van der Waals surface area contributed by atoms with Crippen LogP contribution in [0.1, 0.15) is 10.4 Å². The first-order valence-corrected chi connectivity index (χ1v) is 10.6. The second-order valence-corrected chi connectivity index (χ2v) is 8.61. The van der Waals surface area contributed by atoms with Gasteiger partial charge in [-0.05, 0) is 35.0 Å². The molecule has 0 aliphatic carbocycles. The molecule has 0 unspecified atom stereocenters. The van der Waals surface area contributed by atoms with Crippen molar-refractivity contribution in [2.24, 2.45) is 0 Å². The number of esters is 1. The van der Waals surface area contributed by atoms with Gasteiger partial charge in [0.1, 0.15) is 6.54 Å². The van der Waals surface area contributed by atoms with Crippen molar-refractivity contribution >= 4 is 48.5 Å². The summed E-state index contributed by atoms with van der Waals surface area (Å²) >= 11 is 3.27. The van der Waals surface area contributed by atoms with Crippen LogP contribution in [0.25, 0.3) is 10.8 Å². The van der Waals surface area contributed by atoms with Gasteiger partial charge in [0.05, 0.1) is 4.90 Å². The van der Waals surface area contributed by atoms with E-state index in [4.69, 9.17) is 4.74 Å². The summed E-state index contributed by atoms with van der Waals surface area (Å²) in [5, 5.41) is 1.68. The maximum Gasteiger partial charge on any atom is 0.321 e. The van der Waals surface area contributed by atoms with Crippen LogP contribution in [0.5, 0.6) is 0 Å². The number of carbonyl (C=O) groups is 2. The first-order valence-electron chi connectivity index (χ1n) is 8.28. The van der Waals surface area contributed by atoms with Gasteiger partial charge in [-0.3, -0.25) is 9.59 Å². The average molecular weight is 462 g/mol. The number of rotatable bonds is 7. The molecule has 6 nitrogen and oxygen atoms in total. The normalized spacial score (nSPS) is 11.3. The van der Waals surface area contributed by atoms with Crippen LogP contribution in [0.15, 0.2) is 76.1 Å². The third kappa shape index (κ3) is 5.03. The third-order valence-corrected chi connectivity index (χ3v) is 5.90. The molecule has 0 fully saturated rings. The molecule has 0 amide bonds. The molecule has 0 atom stereocenters. The van der Waals surface area contributed by atoms with E-state index in [2.05, 4.69) is 20.7 Å². The van der Waals surface area contributed by atoms with Crippen LogP contribution >= 0.6 is 15.9 Å². The lowest BCUT2D eigenvalue weighted by molar-refractivity contribution is -0.141. The Morgan fingerprint density at radius 3 is 2.32 bits per heavy atom. The Bertz CT molecular complexity index is 1130. The predicted octanol–water partition coefficient (Wildman–Crippen LogP) is 3.31. The van der Waals surface area contributed by atoms with Gasteiger partial charge < -0.3 is 4.74 Å². The molecule has 8 heteroatoms. The van der Waals surface area contributed by atoms with Gasteiger partial charge in [0.15, 0.2) is 12.4 Å². The maximum absolute atomic E-state index is 12.4. The second-order valence-electron chi connectivity index (χ2n) is 5.92. The van der Waals surface area contributed by atoms with E-state index in [9.17, 15) is 18.0 Å². The smallest absolute Gasteiger partial charge is 0.321 e. The first kappa shape index (κ1) is 20.2. The summed E-state index contributed by atoms with van der Waals surface area (Å²) in [4.78, 5) is 23.8. The molecule has 28 heavy (non-hydrogen) atoms. The zero-order valence-electron chi connectivity index (χ0n) is 14.6. The molecule has 0 spiro atoms. The van der Waals surface area contributed by atoms with Crippen LogP contribution in [-0.4, -0.2) is 33.3 Å². The number of halogens is 1. The number of nitrogens with one attached hydrogen (secondary N) is 1. The van der Waals surface area contributed by atoms with Crippen LogP contribution in [0.4, 0.5) is 0 Å². The minimum atomic E-state index is -3.88. The fourth-order valence-electron chi connectivity index (χ4n) is 2.49. The van der Waals surface area contributed by atoms with Gasteiger partial charge in [0.25, 0.3) is 0 Å². The summed E-state index contributed by atoms with van der Waals surface area (Å²) in [7, 11) is -3.88. The number of ether oxygens (including phenoxy) is 1. The largest absolute Gasteiger partial charge is 0.456 e. The maximum atomic E-state index is 12.4. The highest BCUT2D eigenvalue weighted by molar-refractivity contribution is 9.10. The topological polar surface area (TPSA) is 89.5 Å². The Balaban J connectivity index is 1.56. The van der Waals surface area contributed by atoms with E-state index < -0.39 is 29.1 Å². The number of carbonyl (C=O) groups excluding carboxylic acids is 2. The van der Waals surface area contributed by atoms with Crippen molar-refractivity contribution in [3.05, 3.63) is 76.8 Å². The number of ketones is 1. The van der Waals surface area contributed by atoms with E-state index in [1.54, 1.807) is 36.4 Å². The summed E-state index contributed by atoms with van der Waals surface area (Å²) in [6.45, 7) is -1.03. The molecule has 0 heterocycles. The van der Waals surface area contributed by atoms with E-state index in [0.717, 1.165) is 15.2 Å². The summed E-state index contributed by atoms with van der Waals surface area (Å²) < 4.78 is 32.6. The average Bonchev–Trinajstić information content (AvgIpc) is 2.70. The van der Waals surface area contributed by atoms with Crippen molar-refractivity contribution in [1.29, 1.82) is 0 Å². The van der Waals surface area contributed by atoms with Crippen molar-refractivity contribution in [1.82, 2.24) is 4.72 Å². The van der Waals surface area contributed by atoms with Gasteiger partial charge in [-0.2, -0.15) is 4.72 Å². The fourth-order valence-corrected chi connectivity index (χ4v) is 3.76. The van der Waals surface area contributed by atoms with Gasteiger partial charge in [-0.15, -0.1) is 0 Å². The van der Waals surface area contributed by atoms with Crippen molar-refractivity contribution in [2.45, 2.75) is 4.90 Å². The van der Waals surface area contributed by atoms with Gasteiger partial charge in [0.2, 0.25) is 10.0 Å². The molecule has 0 bridgehead atoms. The zero-order valence-corrected chi connectivity index (χ0v) is 17.0. The first-order chi connectivity index (χ1) is 13.3. The minimum Gasteiger partial charge on any atom is -0.456 e. The number of fused-ring (bicyclic) bond motifs is 1. The number of hydrogen-bond donors (Lipinski definition) is 1. The van der Waals surface area contributed by atoms with Gasteiger partial charge in [0, 0.05) is 10.0 Å². The zero-order chi connectivity index (χ0) is 20.1. The molecule has 0 aliphatic heterocycles. The summed E-state index contributed by atoms with van der Waals surface area (Å²) in [5.74, 6) is -1.21. The van der Waals surface area contributed by atoms with E-state index in [1.807, 2.05) is 18.2 Å². The van der Waals surface area contributed by atoms with Crippen molar-refractivity contribution in [3.63, 3.8) is 0 Å². The van der Waals surface area contributed by atoms with Crippen LogP contribution in [0, 0.1) is 0 Å². The van der Waals surface area contributed by atoms with E-state index in [-0.39, 0.29) is 10.7 Å². The number of benzene rings is 3. The minimum absolute atomic E-state index is 0.0462. The predicted molar refractivity (Wildman–Crippen MR) is 109 cm³/mol. The third-order valence-electron chi connectivity index (χ3n) is 3.97. The highest BCUT2D eigenvalue weighted by Gasteiger charge is 2.17. The Morgan fingerprint density at radius 1 is 0.929 bits per heavy atom. The number of sulfonamides is 1. The fraction of sp³-hybridized carbons (Fsp3) is 0.100. The van der Waals surface area contributed by atoms with E-state index >= 15 is 0 Å². The Hall–Kier alpha value is -2.55. The lowest BCUT2D eigenvalue weighted by atomic mass is 10.1. The summed E-state index contributed by atoms with van der Waals surface area (Å²) in [6, 6.07) is 18.6.